The molecule has 0 bridgehead atoms. The molecule has 0 radical (unpaired) electrons. The fourth-order valence-corrected chi connectivity index (χ4v) is 2.96. The van der Waals surface area contributed by atoms with Crippen LogP contribution in [0.5, 0.6) is 0 Å². The Hall–Kier alpha value is -2.05. The predicted octanol–water partition coefficient (Wildman–Crippen LogP) is 1.36. The third-order valence-corrected chi connectivity index (χ3v) is 4.26. The molecular formula is C14H19N3O4. The summed E-state index contributed by atoms with van der Waals surface area (Å²) in [6.07, 6.45) is 4.83. The minimum Gasteiger partial charge on any atom is -0.430 e. The number of aromatic nitrogens is 2. The van der Waals surface area contributed by atoms with Crippen LogP contribution in [0.4, 0.5) is 4.79 Å². The summed E-state index contributed by atoms with van der Waals surface area (Å²) >= 11 is 0. The zero-order chi connectivity index (χ0) is 14.9. The standard InChI is InChI=1S/C14H19N3O4/c1-2-11(17-7-3-6-15-17)12(18)16-8-4-14(5-9-16)10-20-13(19)21-14/h3,6-7,11H,2,4-5,8-10H2,1H3/t11-/m1/s1. The number of carbonyl (C=O) groups excluding carboxylic acids is 2. The van der Waals surface area contributed by atoms with Crippen LogP contribution < -0.4 is 0 Å². The minimum absolute atomic E-state index is 0.0706. The molecule has 1 spiro atoms. The first-order valence-electron chi connectivity index (χ1n) is 7.27. The third kappa shape index (κ3) is 2.59. The van der Waals surface area contributed by atoms with Gasteiger partial charge in [-0.1, -0.05) is 6.92 Å². The first-order valence-corrected chi connectivity index (χ1v) is 7.27. The second-order valence-corrected chi connectivity index (χ2v) is 5.56. The summed E-state index contributed by atoms with van der Waals surface area (Å²) in [5, 5.41) is 4.16. The third-order valence-electron chi connectivity index (χ3n) is 4.26. The van der Waals surface area contributed by atoms with Crippen LogP contribution in [-0.4, -0.2) is 52.0 Å². The van der Waals surface area contributed by atoms with Crippen LogP contribution in [0.15, 0.2) is 18.5 Å². The maximum Gasteiger partial charge on any atom is 0.509 e. The first kappa shape index (κ1) is 13.9. The Labute approximate surface area is 122 Å². The van der Waals surface area contributed by atoms with E-state index in [1.54, 1.807) is 10.9 Å². The molecule has 2 aliphatic heterocycles. The van der Waals surface area contributed by atoms with Gasteiger partial charge in [-0.25, -0.2) is 4.79 Å². The molecular weight excluding hydrogens is 274 g/mol. The first-order chi connectivity index (χ1) is 10.1. The number of hydrogen-bond donors (Lipinski definition) is 0. The fraction of sp³-hybridized carbons (Fsp3) is 0.643. The molecule has 0 N–H and O–H groups in total. The van der Waals surface area contributed by atoms with Crippen molar-refractivity contribution in [2.45, 2.75) is 37.8 Å². The molecule has 0 saturated carbocycles. The quantitative estimate of drug-likeness (QED) is 0.787. The lowest BCUT2D eigenvalue weighted by atomic mass is 9.92. The number of likely N-dealkylation sites (tertiary alicyclic amines) is 1. The van der Waals surface area contributed by atoms with Crippen LogP contribution in [0, 0.1) is 0 Å². The summed E-state index contributed by atoms with van der Waals surface area (Å²) in [5.74, 6) is 0.0706. The Morgan fingerprint density at radius 2 is 2.24 bits per heavy atom. The zero-order valence-electron chi connectivity index (χ0n) is 12.0. The van der Waals surface area contributed by atoms with Crippen molar-refractivity contribution in [1.82, 2.24) is 14.7 Å². The van der Waals surface area contributed by atoms with E-state index in [2.05, 4.69) is 5.10 Å². The van der Waals surface area contributed by atoms with E-state index in [9.17, 15) is 9.59 Å². The number of nitrogens with zero attached hydrogens (tertiary/aromatic N) is 3. The smallest absolute Gasteiger partial charge is 0.430 e. The summed E-state index contributed by atoms with van der Waals surface area (Å²) in [6, 6.07) is 1.55. The average molecular weight is 293 g/mol. The molecule has 7 heteroatoms. The van der Waals surface area contributed by atoms with E-state index in [1.165, 1.54) is 0 Å². The van der Waals surface area contributed by atoms with Crippen molar-refractivity contribution in [2.24, 2.45) is 0 Å². The number of cyclic esters (lactones) is 1. The monoisotopic (exact) mass is 293 g/mol. The molecule has 7 nitrogen and oxygen atoms in total. The molecule has 1 atom stereocenters. The van der Waals surface area contributed by atoms with Gasteiger partial charge in [-0.3, -0.25) is 9.48 Å². The van der Waals surface area contributed by atoms with E-state index in [0.717, 1.165) is 0 Å². The lowest BCUT2D eigenvalue weighted by molar-refractivity contribution is -0.138. The van der Waals surface area contributed by atoms with Crippen LogP contribution in [0.1, 0.15) is 32.2 Å². The lowest BCUT2D eigenvalue weighted by Crippen LogP contribution is -2.49. The Morgan fingerprint density at radius 1 is 1.48 bits per heavy atom. The highest BCUT2D eigenvalue weighted by Gasteiger charge is 2.45. The second-order valence-electron chi connectivity index (χ2n) is 5.56. The Bertz CT molecular complexity index is 520. The average Bonchev–Trinajstić information content (AvgIpc) is 3.12. The summed E-state index contributed by atoms with van der Waals surface area (Å²) < 4.78 is 11.9. The van der Waals surface area contributed by atoms with Crippen molar-refractivity contribution in [3.8, 4) is 0 Å². The highest BCUT2D eigenvalue weighted by atomic mass is 16.8. The molecule has 114 valence electrons. The highest BCUT2D eigenvalue weighted by Crippen LogP contribution is 2.32. The van der Waals surface area contributed by atoms with Gasteiger partial charge in [0, 0.05) is 38.3 Å². The molecule has 0 aliphatic carbocycles. The van der Waals surface area contributed by atoms with Gasteiger partial charge in [-0.05, 0) is 12.5 Å². The van der Waals surface area contributed by atoms with Crippen molar-refractivity contribution >= 4 is 12.1 Å². The maximum atomic E-state index is 12.6. The predicted molar refractivity (Wildman–Crippen MR) is 72.5 cm³/mol. The van der Waals surface area contributed by atoms with E-state index in [1.807, 2.05) is 24.1 Å². The van der Waals surface area contributed by atoms with Gasteiger partial charge >= 0.3 is 6.16 Å². The molecule has 2 aliphatic rings. The van der Waals surface area contributed by atoms with Crippen molar-refractivity contribution in [2.75, 3.05) is 19.7 Å². The van der Waals surface area contributed by atoms with E-state index >= 15 is 0 Å². The Kier molecular flexibility index (Phi) is 3.57. The summed E-state index contributed by atoms with van der Waals surface area (Å²) in [7, 11) is 0. The Balaban J connectivity index is 1.63. The zero-order valence-corrected chi connectivity index (χ0v) is 12.0. The second kappa shape index (κ2) is 5.38. The molecule has 21 heavy (non-hydrogen) atoms. The van der Waals surface area contributed by atoms with Gasteiger partial charge < -0.3 is 14.4 Å². The van der Waals surface area contributed by atoms with Gasteiger partial charge in [0.15, 0.2) is 5.60 Å². The van der Waals surface area contributed by atoms with Crippen molar-refractivity contribution < 1.29 is 19.1 Å². The number of ether oxygens (including phenoxy) is 2. The summed E-state index contributed by atoms with van der Waals surface area (Å²) in [4.78, 5) is 25.6. The van der Waals surface area contributed by atoms with E-state index in [4.69, 9.17) is 9.47 Å². The van der Waals surface area contributed by atoms with Crippen molar-refractivity contribution in [3.05, 3.63) is 18.5 Å². The molecule has 0 aromatic carbocycles. The summed E-state index contributed by atoms with van der Waals surface area (Å²) in [5.41, 5.74) is -0.527. The van der Waals surface area contributed by atoms with Gasteiger partial charge in [0.05, 0.1) is 0 Å². The van der Waals surface area contributed by atoms with Crippen molar-refractivity contribution in [1.29, 1.82) is 0 Å². The van der Waals surface area contributed by atoms with Gasteiger partial charge in [-0.2, -0.15) is 5.10 Å². The highest BCUT2D eigenvalue weighted by molar-refractivity contribution is 5.80. The maximum absolute atomic E-state index is 12.6. The van der Waals surface area contributed by atoms with E-state index in [-0.39, 0.29) is 11.9 Å². The number of piperidine rings is 1. The molecule has 2 fully saturated rings. The topological polar surface area (TPSA) is 73.7 Å². The fourth-order valence-electron chi connectivity index (χ4n) is 2.96. The van der Waals surface area contributed by atoms with Crippen LogP contribution in [0.25, 0.3) is 0 Å². The van der Waals surface area contributed by atoms with Gasteiger partial charge in [0.2, 0.25) is 5.91 Å². The van der Waals surface area contributed by atoms with Gasteiger partial charge in [-0.15, -0.1) is 0 Å². The van der Waals surface area contributed by atoms with Crippen molar-refractivity contribution in [3.63, 3.8) is 0 Å². The van der Waals surface area contributed by atoms with Crippen LogP contribution in [0.2, 0.25) is 0 Å². The molecule has 1 amide bonds. The van der Waals surface area contributed by atoms with Crippen LogP contribution >= 0.6 is 0 Å². The largest absolute Gasteiger partial charge is 0.509 e. The number of hydrogen-bond acceptors (Lipinski definition) is 5. The van der Waals surface area contributed by atoms with E-state index in [0.29, 0.717) is 39.0 Å². The lowest BCUT2D eigenvalue weighted by Gasteiger charge is -2.37. The number of rotatable bonds is 3. The molecule has 3 rings (SSSR count). The van der Waals surface area contributed by atoms with Gasteiger partial charge in [0.1, 0.15) is 12.6 Å². The normalized spacial score (nSPS) is 22.0. The van der Waals surface area contributed by atoms with Crippen LogP contribution in [-0.2, 0) is 14.3 Å². The molecule has 0 unspecified atom stereocenters. The summed E-state index contributed by atoms with van der Waals surface area (Å²) in [6.45, 7) is 3.42. The molecule has 3 heterocycles. The van der Waals surface area contributed by atoms with E-state index < -0.39 is 11.8 Å². The number of amides is 1. The Morgan fingerprint density at radius 3 is 2.76 bits per heavy atom. The molecule has 2 saturated heterocycles. The van der Waals surface area contributed by atoms with Gasteiger partial charge in [0.25, 0.3) is 0 Å². The van der Waals surface area contributed by atoms with Crippen LogP contribution in [0.3, 0.4) is 0 Å². The molecule has 1 aromatic heterocycles. The number of carbonyl (C=O) groups is 2. The SMILES string of the molecule is CC[C@H](C(=O)N1CCC2(CC1)COC(=O)O2)n1cccn1. The minimum atomic E-state index is -0.599. The molecule has 1 aromatic rings.